The first-order valence-electron chi connectivity index (χ1n) is 10.1. The van der Waals surface area contributed by atoms with E-state index in [1.807, 2.05) is 43.3 Å². The summed E-state index contributed by atoms with van der Waals surface area (Å²) >= 11 is 0. The molecule has 4 heteroatoms. The molecule has 0 saturated heterocycles. The Kier molecular flexibility index (Phi) is 6.46. The van der Waals surface area contributed by atoms with Crippen molar-refractivity contribution < 1.29 is 14.3 Å². The highest BCUT2D eigenvalue weighted by Gasteiger charge is 2.23. The summed E-state index contributed by atoms with van der Waals surface area (Å²) in [6, 6.07) is 24.0. The number of amides is 1. The number of carbonyl (C=O) groups is 1. The Labute approximate surface area is 178 Å². The maximum absolute atomic E-state index is 12.6. The van der Waals surface area contributed by atoms with Crippen molar-refractivity contribution in [3.05, 3.63) is 89.5 Å². The van der Waals surface area contributed by atoms with E-state index in [1.54, 1.807) is 14.0 Å². The smallest absolute Gasteiger partial charge is 0.265 e. The molecule has 3 aromatic rings. The zero-order chi connectivity index (χ0) is 21.7. The predicted molar refractivity (Wildman–Crippen MR) is 121 cm³/mol. The van der Waals surface area contributed by atoms with E-state index in [9.17, 15) is 4.79 Å². The summed E-state index contributed by atoms with van der Waals surface area (Å²) < 4.78 is 11.2. The second-order valence-electron chi connectivity index (χ2n) is 7.97. The van der Waals surface area contributed by atoms with Crippen LogP contribution in [0.2, 0.25) is 0 Å². The number of rotatable bonds is 7. The van der Waals surface area contributed by atoms with E-state index < -0.39 is 6.10 Å². The third-order valence-electron chi connectivity index (χ3n) is 5.37. The molecular formula is C26H29NO3. The van der Waals surface area contributed by atoms with Gasteiger partial charge in [-0.15, -0.1) is 0 Å². The zero-order valence-corrected chi connectivity index (χ0v) is 18.2. The van der Waals surface area contributed by atoms with Crippen molar-refractivity contribution >= 4 is 11.6 Å². The minimum absolute atomic E-state index is 0.121. The number of aryl methyl sites for hydroxylation is 1. The highest BCUT2D eigenvalue weighted by Crippen LogP contribution is 2.32. The third kappa shape index (κ3) is 4.82. The molecule has 3 aromatic carbocycles. The van der Waals surface area contributed by atoms with Gasteiger partial charge in [0, 0.05) is 5.41 Å². The normalized spacial score (nSPS) is 12.2. The van der Waals surface area contributed by atoms with Crippen LogP contribution in [0.4, 0.5) is 5.69 Å². The molecule has 0 bridgehead atoms. The molecule has 1 atom stereocenters. The fourth-order valence-corrected chi connectivity index (χ4v) is 3.38. The van der Waals surface area contributed by atoms with Crippen LogP contribution in [-0.4, -0.2) is 19.1 Å². The van der Waals surface area contributed by atoms with Gasteiger partial charge in [0.05, 0.1) is 12.8 Å². The molecule has 0 saturated carbocycles. The predicted octanol–water partition coefficient (Wildman–Crippen LogP) is 5.74. The molecule has 4 nitrogen and oxygen atoms in total. The van der Waals surface area contributed by atoms with E-state index >= 15 is 0 Å². The lowest BCUT2D eigenvalue weighted by Crippen LogP contribution is -2.30. The van der Waals surface area contributed by atoms with Crippen LogP contribution < -0.4 is 14.8 Å². The molecule has 30 heavy (non-hydrogen) atoms. The van der Waals surface area contributed by atoms with Crippen molar-refractivity contribution in [3.8, 4) is 11.5 Å². The second kappa shape index (κ2) is 9.04. The van der Waals surface area contributed by atoms with Crippen LogP contribution in [0.25, 0.3) is 0 Å². The van der Waals surface area contributed by atoms with Gasteiger partial charge < -0.3 is 14.8 Å². The standard InChI is InChI=1S/C26H29NO3/c1-18-11-16-24(29-5)23(17-18)27-25(28)19(2)30-22-14-12-21(13-15-22)26(3,4)20-9-7-6-8-10-20/h6-17,19H,1-5H3,(H,27,28). The summed E-state index contributed by atoms with van der Waals surface area (Å²) in [7, 11) is 1.58. The largest absolute Gasteiger partial charge is 0.495 e. The number of methoxy groups -OCH3 is 1. The van der Waals surface area contributed by atoms with Crippen molar-refractivity contribution in [1.29, 1.82) is 0 Å². The SMILES string of the molecule is COc1ccc(C)cc1NC(=O)C(C)Oc1ccc(C(C)(C)c2ccccc2)cc1. The Balaban J connectivity index is 1.68. The fraction of sp³-hybridized carbons (Fsp3) is 0.269. The lowest BCUT2D eigenvalue weighted by molar-refractivity contribution is -0.122. The first-order chi connectivity index (χ1) is 14.3. The average Bonchev–Trinajstić information content (AvgIpc) is 2.75. The van der Waals surface area contributed by atoms with Crippen molar-refractivity contribution in [2.45, 2.75) is 39.2 Å². The number of benzene rings is 3. The quantitative estimate of drug-likeness (QED) is 0.548. The first-order valence-corrected chi connectivity index (χ1v) is 10.1. The molecular weight excluding hydrogens is 374 g/mol. The van der Waals surface area contributed by atoms with Crippen LogP contribution in [0.15, 0.2) is 72.8 Å². The minimum Gasteiger partial charge on any atom is -0.495 e. The Bertz CT molecular complexity index is 995. The molecule has 0 aromatic heterocycles. The summed E-state index contributed by atoms with van der Waals surface area (Å²) in [6.45, 7) is 8.10. The zero-order valence-electron chi connectivity index (χ0n) is 18.2. The van der Waals surface area contributed by atoms with E-state index in [-0.39, 0.29) is 11.3 Å². The van der Waals surface area contributed by atoms with Crippen molar-refractivity contribution in [3.63, 3.8) is 0 Å². The Morgan fingerprint density at radius 1 is 0.933 bits per heavy atom. The van der Waals surface area contributed by atoms with Crippen LogP contribution in [0.1, 0.15) is 37.5 Å². The Hall–Kier alpha value is -3.27. The van der Waals surface area contributed by atoms with Gasteiger partial charge in [0.15, 0.2) is 6.10 Å². The summed E-state index contributed by atoms with van der Waals surface area (Å²) in [5, 5.41) is 2.89. The Morgan fingerprint density at radius 2 is 1.57 bits per heavy atom. The number of hydrogen-bond acceptors (Lipinski definition) is 3. The van der Waals surface area contributed by atoms with Crippen LogP contribution in [0, 0.1) is 6.92 Å². The van der Waals surface area contributed by atoms with Crippen LogP contribution in [-0.2, 0) is 10.2 Å². The van der Waals surface area contributed by atoms with Crippen molar-refractivity contribution in [2.75, 3.05) is 12.4 Å². The molecule has 3 rings (SSSR count). The lowest BCUT2D eigenvalue weighted by Gasteiger charge is -2.26. The Morgan fingerprint density at radius 3 is 2.20 bits per heavy atom. The van der Waals surface area contributed by atoms with Gasteiger partial charge in [-0.2, -0.15) is 0 Å². The second-order valence-corrected chi connectivity index (χ2v) is 7.97. The third-order valence-corrected chi connectivity index (χ3v) is 5.37. The van der Waals surface area contributed by atoms with E-state index in [4.69, 9.17) is 9.47 Å². The highest BCUT2D eigenvalue weighted by molar-refractivity contribution is 5.95. The summed E-state index contributed by atoms with van der Waals surface area (Å²) in [6.07, 6.45) is -0.650. The topological polar surface area (TPSA) is 47.6 Å². The lowest BCUT2D eigenvalue weighted by atomic mass is 9.78. The molecule has 0 radical (unpaired) electrons. The molecule has 0 aliphatic carbocycles. The molecule has 0 aliphatic heterocycles. The molecule has 0 heterocycles. The minimum atomic E-state index is -0.650. The maximum Gasteiger partial charge on any atom is 0.265 e. The fourth-order valence-electron chi connectivity index (χ4n) is 3.38. The highest BCUT2D eigenvalue weighted by atomic mass is 16.5. The number of carbonyl (C=O) groups excluding carboxylic acids is 1. The molecule has 0 fully saturated rings. The van der Waals surface area contributed by atoms with E-state index in [1.165, 1.54) is 11.1 Å². The van der Waals surface area contributed by atoms with Crippen LogP contribution in [0.3, 0.4) is 0 Å². The summed E-state index contributed by atoms with van der Waals surface area (Å²) in [5.41, 5.74) is 3.99. The molecule has 156 valence electrons. The number of nitrogens with one attached hydrogen (secondary N) is 1. The maximum atomic E-state index is 12.6. The molecule has 0 aliphatic rings. The molecule has 0 spiro atoms. The number of hydrogen-bond donors (Lipinski definition) is 1. The molecule has 1 N–H and O–H groups in total. The van der Waals surface area contributed by atoms with Crippen molar-refractivity contribution in [2.24, 2.45) is 0 Å². The average molecular weight is 404 g/mol. The van der Waals surface area contributed by atoms with E-state index in [0.717, 1.165) is 5.56 Å². The van der Waals surface area contributed by atoms with Gasteiger partial charge in [0.1, 0.15) is 11.5 Å². The number of anilines is 1. The van der Waals surface area contributed by atoms with Gasteiger partial charge in [0.25, 0.3) is 5.91 Å². The van der Waals surface area contributed by atoms with Gasteiger partial charge in [-0.3, -0.25) is 4.79 Å². The monoisotopic (exact) mass is 403 g/mol. The van der Waals surface area contributed by atoms with E-state index in [0.29, 0.717) is 17.2 Å². The van der Waals surface area contributed by atoms with Gasteiger partial charge >= 0.3 is 0 Å². The van der Waals surface area contributed by atoms with Crippen LogP contribution in [0.5, 0.6) is 11.5 Å². The van der Waals surface area contributed by atoms with Gasteiger partial charge in [-0.25, -0.2) is 0 Å². The van der Waals surface area contributed by atoms with Gasteiger partial charge in [0.2, 0.25) is 0 Å². The molecule has 1 amide bonds. The number of ether oxygens (including phenoxy) is 2. The van der Waals surface area contributed by atoms with E-state index in [2.05, 4.69) is 55.6 Å². The van der Waals surface area contributed by atoms with Gasteiger partial charge in [-0.05, 0) is 54.8 Å². The van der Waals surface area contributed by atoms with Crippen molar-refractivity contribution in [1.82, 2.24) is 0 Å². The molecule has 1 unspecified atom stereocenters. The van der Waals surface area contributed by atoms with Crippen LogP contribution >= 0.6 is 0 Å². The van der Waals surface area contributed by atoms with Gasteiger partial charge in [-0.1, -0.05) is 62.4 Å². The summed E-state index contributed by atoms with van der Waals surface area (Å²) in [5.74, 6) is 1.04. The summed E-state index contributed by atoms with van der Waals surface area (Å²) in [4.78, 5) is 12.6. The first kappa shape index (κ1) is 21.4.